The minimum atomic E-state index is -1.22. The lowest BCUT2D eigenvalue weighted by molar-refractivity contribution is -0.384. The third-order valence-electron chi connectivity index (χ3n) is 1.67. The van der Waals surface area contributed by atoms with Gasteiger partial charge < -0.3 is 0 Å². The normalized spacial score (nSPS) is 10.1. The molecule has 0 unspecified atom stereocenters. The molecule has 17 heavy (non-hydrogen) atoms. The minimum absolute atomic E-state index is 0.0255. The van der Waals surface area contributed by atoms with Crippen molar-refractivity contribution in [3.8, 4) is 12.1 Å². The second kappa shape index (κ2) is 5.54. The highest BCUT2D eigenvalue weighted by atomic mass is 35.5. The Morgan fingerprint density at radius 3 is 2.53 bits per heavy atom. The maximum absolute atomic E-state index is 10.4. The molecule has 0 saturated heterocycles. The molecule has 0 spiro atoms. The number of nitro benzene ring substituents is 1. The Kier molecular flexibility index (Phi) is 4.09. The molecule has 0 aliphatic rings. The van der Waals surface area contributed by atoms with Gasteiger partial charge in [-0.3, -0.25) is 10.1 Å². The van der Waals surface area contributed by atoms with Crippen LogP contribution in [0, 0.1) is 32.8 Å². The van der Waals surface area contributed by atoms with Gasteiger partial charge in [0, 0.05) is 12.1 Å². The number of nitro groups is 1. The van der Waals surface area contributed by atoms with E-state index in [1.54, 1.807) is 12.1 Å². The summed E-state index contributed by atoms with van der Waals surface area (Å²) in [7, 11) is 0. The Labute approximate surface area is 101 Å². The largest absolute Gasteiger partial charge is 0.271 e. The number of hydrogen-bond donors (Lipinski definition) is 0. The summed E-state index contributed by atoms with van der Waals surface area (Å²) in [5.41, 5.74) is -0.0150. The molecule has 1 aromatic carbocycles. The number of rotatable bonds is 3. The topological polar surface area (TPSA) is 115 Å². The van der Waals surface area contributed by atoms with Crippen molar-refractivity contribution < 1.29 is 4.92 Å². The predicted octanol–water partition coefficient (Wildman–Crippen LogP) is 2.75. The van der Waals surface area contributed by atoms with Crippen LogP contribution in [0.2, 0.25) is 5.02 Å². The van der Waals surface area contributed by atoms with Crippen molar-refractivity contribution in [3.63, 3.8) is 0 Å². The molecule has 0 fully saturated rings. The van der Waals surface area contributed by atoms with Gasteiger partial charge >= 0.3 is 0 Å². The van der Waals surface area contributed by atoms with Gasteiger partial charge in [0.2, 0.25) is 6.04 Å². The molecule has 0 atom stereocenters. The molecule has 84 valence electrons. The van der Waals surface area contributed by atoms with Crippen molar-refractivity contribution in [2.45, 2.75) is 6.04 Å². The SMILES string of the molecule is N#CC(C#N)N=Nc1ccc([N+](=O)[O-])cc1Cl. The van der Waals surface area contributed by atoms with E-state index < -0.39 is 11.0 Å². The minimum Gasteiger partial charge on any atom is -0.258 e. The van der Waals surface area contributed by atoms with Gasteiger partial charge in [-0.2, -0.15) is 20.8 Å². The molecule has 0 aliphatic heterocycles. The van der Waals surface area contributed by atoms with Crippen molar-refractivity contribution in [3.05, 3.63) is 33.3 Å². The maximum Gasteiger partial charge on any atom is 0.271 e. The third kappa shape index (κ3) is 3.23. The lowest BCUT2D eigenvalue weighted by Crippen LogP contribution is -1.92. The van der Waals surface area contributed by atoms with Crippen molar-refractivity contribution in [2.24, 2.45) is 10.2 Å². The fourth-order valence-corrected chi connectivity index (χ4v) is 1.10. The predicted molar refractivity (Wildman–Crippen MR) is 57.6 cm³/mol. The van der Waals surface area contributed by atoms with E-state index in [0.29, 0.717) is 0 Å². The van der Waals surface area contributed by atoms with Gasteiger partial charge in [-0.1, -0.05) is 11.6 Å². The summed E-state index contributed by atoms with van der Waals surface area (Å²) >= 11 is 5.72. The van der Waals surface area contributed by atoms with Gasteiger partial charge in [-0.15, -0.1) is 0 Å². The number of azo groups is 1. The summed E-state index contributed by atoms with van der Waals surface area (Å²) in [6.07, 6.45) is 0. The van der Waals surface area contributed by atoms with Crippen molar-refractivity contribution in [1.82, 2.24) is 0 Å². The number of nitriles is 2. The van der Waals surface area contributed by atoms with E-state index in [1.807, 2.05) is 0 Å². The van der Waals surface area contributed by atoms with E-state index in [1.165, 1.54) is 12.1 Å². The van der Waals surface area contributed by atoms with E-state index in [4.69, 9.17) is 22.1 Å². The molecule has 0 heterocycles. The molecule has 0 N–H and O–H groups in total. The average Bonchev–Trinajstić information content (AvgIpc) is 2.31. The highest BCUT2D eigenvalue weighted by Gasteiger charge is 2.09. The number of halogens is 1. The molecule has 0 radical (unpaired) electrons. The summed E-state index contributed by atoms with van der Waals surface area (Å²) < 4.78 is 0. The van der Waals surface area contributed by atoms with Gasteiger partial charge in [0.05, 0.1) is 9.95 Å². The zero-order valence-corrected chi connectivity index (χ0v) is 9.00. The Balaban J connectivity index is 2.99. The summed E-state index contributed by atoms with van der Waals surface area (Å²) in [6.45, 7) is 0. The van der Waals surface area contributed by atoms with E-state index in [-0.39, 0.29) is 16.4 Å². The lowest BCUT2D eigenvalue weighted by atomic mass is 10.3. The van der Waals surface area contributed by atoms with Gasteiger partial charge in [0.1, 0.15) is 17.8 Å². The molecule has 0 saturated carbocycles. The van der Waals surface area contributed by atoms with Gasteiger partial charge in [0.15, 0.2) is 0 Å². The van der Waals surface area contributed by atoms with Crippen LogP contribution in [-0.2, 0) is 0 Å². The summed E-state index contributed by atoms with van der Waals surface area (Å²) in [5.74, 6) is 0. The highest BCUT2D eigenvalue weighted by molar-refractivity contribution is 6.33. The Bertz CT molecular complexity index is 543. The summed E-state index contributed by atoms with van der Waals surface area (Å²) in [5, 5.41) is 34.3. The summed E-state index contributed by atoms with van der Waals surface area (Å²) in [4.78, 5) is 9.83. The van der Waals surface area contributed by atoms with Crippen LogP contribution >= 0.6 is 11.6 Å². The fraction of sp³-hybridized carbons (Fsp3) is 0.111. The van der Waals surface area contributed by atoms with Crippen LogP contribution in [0.5, 0.6) is 0 Å². The van der Waals surface area contributed by atoms with E-state index >= 15 is 0 Å². The molecular weight excluding hydrogens is 246 g/mol. The standard InChI is InChI=1S/C9H4ClN5O2/c10-8-3-7(15(16)17)1-2-9(8)14-13-6(4-11)5-12/h1-3,6H. The second-order valence-electron chi connectivity index (χ2n) is 2.77. The van der Waals surface area contributed by atoms with Crippen LogP contribution in [-0.4, -0.2) is 11.0 Å². The monoisotopic (exact) mass is 249 g/mol. The second-order valence-corrected chi connectivity index (χ2v) is 3.18. The molecular formula is C9H4ClN5O2. The first kappa shape index (κ1) is 12.6. The number of hydrogen-bond acceptors (Lipinski definition) is 6. The van der Waals surface area contributed by atoms with Gasteiger partial charge in [0.25, 0.3) is 5.69 Å². The van der Waals surface area contributed by atoms with Crippen molar-refractivity contribution in [1.29, 1.82) is 10.5 Å². The fourth-order valence-electron chi connectivity index (χ4n) is 0.891. The average molecular weight is 250 g/mol. The number of non-ortho nitro benzene ring substituents is 1. The van der Waals surface area contributed by atoms with E-state index in [0.717, 1.165) is 6.07 Å². The molecule has 1 rings (SSSR count). The van der Waals surface area contributed by atoms with Crippen molar-refractivity contribution >= 4 is 23.0 Å². The molecule has 0 bridgehead atoms. The summed E-state index contributed by atoms with van der Waals surface area (Å²) in [6, 6.07) is 5.58. The van der Waals surface area contributed by atoms with Crippen LogP contribution in [0.4, 0.5) is 11.4 Å². The van der Waals surface area contributed by atoms with Crippen LogP contribution in [0.1, 0.15) is 0 Å². The smallest absolute Gasteiger partial charge is 0.258 e. The van der Waals surface area contributed by atoms with Gasteiger partial charge in [-0.05, 0) is 6.07 Å². The van der Waals surface area contributed by atoms with Crippen LogP contribution < -0.4 is 0 Å². The number of benzene rings is 1. The van der Waals surface area contributed by atoms with Crippen molar-refractivity contribution in [2.75, 3.05) is 0 Å². The molecule has 1 aromatic rings. The van der Waals surface area contributed by atoms with Gasteiger partial charge in [-0.25, -0.2) is 0 Å². The zero-order chi connectivity index (χ0) is 12.8. The molecule has 8 heteroatoms. The first-order valence-electron chi connectivity index (χ1n) is 4.22. The Hall–Kier alpha value is -2.51. The van der Waals surface area contributed by atoms with Crippen LogP contribution in [0.25, 0.3) is 0 Å². The van der Waals surface area contributed by atoms with Crippen LogP contribution in [0.15, 0.2) is 28.4 Å². The van der Waals surface area contributed by atoms with Crippen LogP contribution in [0.3, 0.4) is 0 Å². The quantitative estimate of drug-likeness (QED) is 0.465. The first-order chi connectivity index (χ1) is 8.08. The Morgan fingerprint density at radius 1 is 1.41 bits per heavy atom. The molecule has 7 nitrogen and oxygen atoms in total. The van der Waals surface area contributed by atoms with E-state index in [9.17, 15) is 10.1 Å². The molecule has 0 amide bonds. The van der Waals surface area contributed by atoms with E-state index in [2.05, 4.69) is 10.2 Å². The first-order valence-corrected chi connectivity index (χ1v) is 4.60. The maximum atomic E-state index is 10.4. The highest BCUT2D eigenvalue weighted by Crippen LogP contribution is 2.29. The molecule has 0 aliphatic carbocycles. The number of nitrogens with zero attached hydrogens (tertiary/aromatic N) is 5. The third-order valence-corrected chi connectivity index (χ3v) is 1.97. The molecule has 0 aromatic heterocycles. The zero-order valence-electron chi connectivity index (χ0n) is 8.24. The lowest BCUT2D eigenvalue weighted by Gasteiger charge is -1.96. The Morgan fingerprint density at radius 2 is 2.06 bits per heavy atom.